The quantitative estimate of drug-likeness (QED) is 0.501. The van der Waals surface area contributed by atoms with Crippen LogP contribution in [-0.4, -0.2) is 35.1 Å². The van der Waals surface area contributed by atoms with Crippen molar-refractivity contribution in [1.82, 2.24) is 9.78 Å². The second-order valence-electron chi connectivity index (χ2n) is 6.39. The van der Waals surface area contributed by atoms with Gasteiger partial charge in [-0.15, -0.1) is 0 Å². The highest BCUT2D eigenvalue weighted by atomic mass is 16.5. The highest BCUT2D eigenvalue weighted by Crippen LogP contribution is 2.40. The van der Waals surface area contributed by atoms with Crippen molar-refractivity contribution in [3.8, 4) is 28.4 Å². The molecule has 3 aromatic carbocycles. The Morgan fingerprint density at radius 1 is 0.966 bits per heavy atom. The van der Waals surface area contributed by atoms with Crippen LogP contribution in [0.25, 0.3) is 27.7 Å². The molecule has 0 atom stereocenters. The highest BCUT2D eigenvalue weighted by molar-refractivity contribution is 5.99. The second-order valence-corrected chi connectivity index (χ2v) is 6.39. The predicted octanol–water partition coefficient (Wildman–Crippen LogP) is 3.99. The van der Waals surface area contributed by atoms with Gasteiger partial charge in [0.05, 0.1) is 31.2 Å². The van der Waals surface area contributed by atoms with Crippen LogP contribution in [0.3, 0.4) is 0 Å². The van der Waals surface area contributed by atoms with Crippen molar-refractivity contribution in [1.29, 1.82) is 0 Å². The second kappa shape index (κ2) is 7.20. The smallest absolute Gasteiger partial charge is 0.356 e. The van der Waals surface area contributed by atoms with Crippen LogP contribution in [0.4, 0.5) is 5.69 Å². The van der Waals surface area contributed by atoms with Gasteiger partial charge >= 0.3 is 5.97 Å². The maximum absolute atomic E-state index is 11.7. The van der Waals surface area contributed by atoms with Gasteiger partial charge in [-0.25, -0.2) is 9.48 Å². The first-order chi connectivity index (χ1) is 14.0. The first-order valence-electron chi connectivity index (χ1n) is 8.87. The molecule has 1 heterocycles. The zero-order valence-electron chi connectivity index (χ0n) is 15.9. The van der Waals surface area contributed by atoms with Crippen LogP contribution in [0.2, 0.25) is 0 Å². The Hall–Kier alpha value is -4.00. The third-order valence-electron chi connectivity index (χ3n) is 4.78. The van der Waals surface area contributed by atoms with E-state index in [1.807, 2.05) is 30.3 Å². The Bertz CT molecular complexity index is 1210. The number of anilines is 1. The van der Waals surface area contributed by atoms with E-state index in [1.54, 1.807) is 43.2 Å². The fourth-order valence-corrected chi connectivity index (χ4v) is 3.44. The van der Waals surface area contributed by atoms with E-state index >= 15 is 0 Å². The van der Waals surface area contributed by atoms with E-state index in [0.717, 1.165) is 10.8 Å². The summed E-state index contributed by atoms with van der Waals surface area (Å²) in [5, 5.41) is 15.6. The minimum absolute atomic E-state index is 0.0890. The van der Waals surface area contributed by atoms with Gasteiger partial charge in [0, 0.05) is 16.5 Å². The SMILES string of the molecule is COc1cccc(OC)c1-c1cc(C(=O)O)nn1-c1ccc(N)c2ccccc12. The number of methoxy groups -OCH3 is 2. The van der Waals surface area contributed by atoms with Crippen LogP contribution >= 0.6 is 0 Å². The molecule has 1 aromatic heterocycles. The number of hydrogen-bond donors (Lipinski definition) is 2. The lowest BCUT2D eigenvalue weighted by Gasteiger charge is -2.16. The number of aromatic carboxylic acids is 1. The Kier molecular flexibility index (Phi) is 4.56. The normalized spacial score (nSPS) is 10.8. The fourth-order valence-electron chi connectivity index (χ4n) is 3.44. The summed E-state index contributed by atoms with van der Waals surface area (Å²) in [7, 11) is 3.10. The van der Waals surface area contributed by atoms with Crippen molar-refractivity contribution >= 4 is 22.4 Å². The molecule has 146 valence electrons. The maximum atomic E-state index is 11.7. The predicted molar refractivity (Wildman–Crippen MR) is 111 cm³/mol. The number of carbonyl (C=O) groups is 1. The summed E-state index contributed by atoms with van der Waals surface area (Å²) in [4.78, 5) is 11.7. The van der Waals surface area contributed by atoms with E-state index in [1.165, 1.54) is 6.07 Å². The molecule has 4 rings (SSSR count). The molecule has 7 nitrogen and oxygen atoms in total. The molecular formula is C22H19N3O4. The summed E-state index contributed by atoms with van der Waals surface area (Å²) in [5.74, 6) is -0.0389. The average Bonchev–Trinajstić information content (AvgIpc) is 3.18. The number of hydrogen-bond acceptors (Lipinski definition) is 5. The van der Waals surface area contributed by atoms with Crippen LogP contribution in [0, 0.1) is 0 Å². The van der Waals surface area contributed by atoms with Gasteiger partial charge in [-0.1, -0.05) is 30.3 Å². The zero-order chi connectivity index (χ0) is 20.5. The van der Waals surface area contributed by atoms with Crippen molar-refractivity contribution in [3.05, 3.63) is 66.4 Å². The van der Waals surface area contributed by atoms with E-state index in [4.69, 9.17) is 15.2 Å². The van der Waals surface area contributed by atoms with Crippen LogP contribution in [-0.2, 0) is 0 Å². The number of nitrogens with zero attached hydrogens (tertiary/aromatic N) is 2. The largest absolute Gasteiger partial charge is 0.496 e. The number of rotatable bonds is 5. The fraction of sp³-hybridized carbons (Fsp3) is 0.0909. The zero-order valence-corrected chi connectivity index (χ0v) is 15.9. The molecule has 7 heteroatoms. The molecular weight excluding hydrogens is 370 g/mol. The maximum Gasteiger partial charge on any atom is 0.356 e. The van der Waals surface area contributed by atoms with Crippen molar-refractivity contribution in [2.45, 2.75) is 0 Å². The van der Waals surface area contributed by atoms with Crippen LogP contribution in [0.15, 0.2) is 60.7 Å². The molecule has 0 aliphatic carbocycles. The number of nitrogen functional groups attached to an aromatic ring is 1. The van der Waals surface area contributed by atoms with Crippen molar-refractivity contribution in [2.75, 3.05) is 20.0 Å². The third-order valence-corrected chi connectivity index (χ3v) is 4.78. The highest BCUT2D eigenvalue weighted by Gasteiger charge is 2.23. The molecule has 0 fully saturated rings. The summed E-state index contributed by atoms with van der Waals surface area (Å²) in [6.45, 7) is 0. The van der Waals surface area contributed by atoms with E-state index in [2.05, 4.69) is 5.10 Å². The number of carboxylic acid groups (broad SMARTS) is 1. The van der Waals surface area contributed by atoms with Gasteiger partial charge in [0.1, 0.15) is 11.5 Å². The van der Waals surface area contributed by atoms with Gasteiger partial charge in [0.15, 0.2) is 5.69 Å². The molecule has 0 aliphatic heterocycles. The molecule has 0 saturated heterocycles. The van der Waals surface area contributed by atoms with Crippen LogP contribution < -0.4 is 15.2 Å². The first kappa shape index (κ1) is 18.4. The summed E-state index contributed by atoms with van der Waals surface area (Å²) >= 11 is 0. The summed E-state index contributed by atoms with van der Waals surface area (Å²) in [6.07, 6.45) is 0. The van der Waals surface area contributed by atoms with E-state index in [-0.39, 0.29) is 5.69 Å². The van der Waals surface area contributed by atoms with Gasteiger partial charge in [0.2, 0.25) is 0 Å². The summed E-state index contributed by atoms with van der Waals surface area (Å²) < 4.78 is 12.6. The molecule has 0 unspecified atom stereocenters. The number of nitrogens with two attached hydrogens (primary N) is 1. The number of benzene rings is 3. The number of carboxylic acids is 1. The molecule has 0 radical (unpaired) electrons. The van der Waals surface area contributed by atoms with Gasteiger partial charge in [-0.3, -0.25) is 0 Å². The monoisotopic (exact) mass is 389 g/mol. The standard InChI is InChI=1S/C22H19N3O4/c1-28-19-8-5-9-20(29-2)21(19)18-12-16(22(26)27)24-25(18)17-11-10-15(23)13-6-3-4-7-14(13)17/h3-12H,23H2,1-2H3,(H,26,27). The molecule has 0 saturated carbocycles. The van der Waals surface area contributed by atoms with Crippen molar-refractivity contribution in [2.24, 2.45) is 0 Å². The van der Waals surface area contributed by atoms with E-state index in [9.17, 15) is 9.90 Å². The Morgan fingerprint density at radius 2 is 1.62 bits per heavy atom. The van der Waals surface area contributed by atoms with Gasteiger partial charge in [0.25, 0.3) is 0 Å². The van der Waals surface area contributed by atoms with Crippen molar-refractivity contribution < 1.29 is 19.4 Å². The third kappa shape index (κ3) is 3.02. The summed E-state index contributed by atoms with van der Waals surface area (Å²) in [5.41, 5.74) is 8.52. The molecule has 0 amide bonds. The average molecular weight is 389 g/mol. The number of ether oxygens (including phenoxy) is 2. The number of fused-ring (bicyclic) bond motifs is 1. The molecule has 29 heavy (non-hydrogen) atoms. The minimum atomic E-state index is -1.13. The minimum Gasteiger partial charge on any atom is -0.496 e. The van der Waals surface area contributed by atoms with Gasteiger partial charge in [-0.05, 0) is 30.3 Å². The summed E-state index contributed by atoms with van der Waals surface area (Å²) in [6, 6.07) is 18.1. The molecule has 0 bridgehead atoms. The lowest BCUT2D eigenvalue weighted by Crippen LogP contribution is -2.04. The Labute approximate surface area is 166 Å². The lowest BCUT2D eigenvalue weighted by molar-refractivity contribution is 0.0690. The van der Waals surface area contributed by atoms with Crippen molar-refractivity contribution in [3.63, 3.8) is 0 Å². The first-order valence-corrected chi connectivity index (χ1v) is 8.87. The molecule has 0 aliphatic rings. The molecule has 0 spiro atoms. The van der Waals surface area contributed by atoms with E-state index < -0.39 is 5.97 Å². The van der Waals surface area contributed by atoms with E-state index in [0.29, 0.717) is 34.1 Å². The Morgan fingerprint density at radius 3 is 2.24 bits per heavy atom. The Balaban J connectivity index is 2.09. The van der Waals surface area contributed by atoms with Gasteiger partial charge < -0.3 is 20.3 Å². The molecule has 3 N–H and O–H groups in total. The van der Waals surface area contributed by atoms with Gasteiger partial charge in [-0.2, -0.15) is 5.10 Å². The van der Waals surface area contributed by atoms with Crippen LogP contribution in [0.5, 0.6) is 11.5 Å². The molecule has 4 aromatic rings. The van der Waals surface area contributed by atoms with Crippen LogP contribution in [0.1, 0.15) is 10.5 Å². The topological polar surface area (TPSA) is 99.6 Å². The number of aromatic nitrogens is 2. The lowest BCUT2D eigenvalue weighted by atomic mass is 10.1.